The van der Waals surface area contributed by atoms with E-state index < -0.39 is 16.9 Å². The number of pyridine rings is 1. The summed E-state index contributed by atoms with van der Waals surface area (Å²) in [5, 5.41) is 25.3. The fourth-order valence-electron chi connectivity index (χ4n) is 4.42. The van der Waals surface area contributed by atoms with Gasteiger partial charge in [0.1, 0.15) is 41.4 Å². The maximum Gasteiger partial charge on any atom is 0.408 e. The minimum Gasteiger partial charge on any atom is -0.444 e. The molecule has 2 heterocycles. The summed E-state index contributed by atoms with van der Waals surface area (Å²) in [4.78, 5) is 42.9. The monoisotopic (exact) mass is 562 g/mol. The van der Waals surface area contributed by atoms with Crippen molar-refractivity contribution in [1.29, 1.82) is 10.5 Å². The fourth-order valence-corrected chi connectivity index (χ4v) is 5.43. The summed E-state index contributed by atoms with van der Waals surface area (Å²) < 4.78 is 5.15. The van der Waals surface area contributed by atoms with Gasteiger partial charge in [-0.15, -0.1) is 0 Å². The zero-order chi connectivity index (χ0) is 29.3. The Morgan fingerprint density at radius 1 is 1.18 bits per heavy atom. The molecule has 0 spiro atoms. The number of aldehydes is 1. The van der Waals surface area contributed by atoms with Crippen molar-refractivity contribution in [3.63, 3.8) is 0 Å². The first-order valence-electron chi connectivity index (χ1n) is 13.1. The number of anilines is 1. The highest BCUT2D eigenvalue weighted by Crippen LogP contribution is 2.39. The van der Waals surface area contributed by atoms with Gasteiger partial charge < -0.3 is 25.1 Å². The molecule has 40 heavy (non-hydrogen) atoms. The Kier molecular flexibility index (Phi) is 10.5. The zero-order valence-corrected chi connectivity index (χ0v) is 24.0. The van der Waals surface area contributed by atoms with Gasteiger partial charge in [-0.2, -0.15) is 10.5 Å². The lowest BCUT2D eigenvalue weighted by molar-refractivity contribution is -0.121. The van der Waals surface area contributed by atoms with Crippen LogP contribution in [0.5, 0.6) is 0 Å². The highest BCUT2D eigenvalue weighted by atomic mass is 32.2. The number of benzene rings is 1. The summed E-state index contributed by atoms with van der Waals surface area (Å²) in [5.74, 6) is 0.168. The summed E-state index contributed by atoms with van der Waals surface area (Å²) in [6.07, 6.45) is 1.85. The van der Waals surface area contributed by atoms with Gasteiger partial charge >= 0.3 is 6.09 Å². The van der Waals surface area contributed by atoms with Gasteiger partial charge in [0, 0.05) is 19.1 Å². The van der Waals surface area contributed by atoms with Gasteiger partial charge in [0.25, 0.3) is 0 Å². The molecule has 2 N–H and O–H groups in total. The van der Waals surface area contributed by atoms with Crippen molar-refractivity contribution in [3.8, 4) is 12.1 Å². The quantitative estimate of drug-likeness (QED) is 0.341. The summed E-state index contributed by atoms with van der Waals surface area (Å²) in [6.45, 7) is 7.99. The highest BCUT2D eigenvalue weighted by Gasteiger charge is 2.28. The molecule has 2 aromatic rings. The van der Waals surface area contributed by atoms with Gasteiger partial charge in [0.05, 0.1) is 16.4 Å². The van der Waals surface area contributed by atoms with E-state index in [0.717, 1.165) is 11.8 Å². The predicted molar refractivity (Wildman–Crippen MR) is 152 cm³/mol. The highest BCUT2D eigenvalue weighted by molar-refractivity contribution is 8.00. The summed E-state index contributed by atoms with van der Waals surface area (Å²) >= 11 is 1.20. The number of rotatable bonds is 9. The molecule has 1 fully saturated rings. The molecule has 11 heteroatoms. The number of hydrogen-bond acceptors (Lipinski definition) is 9. The zero-order valence-electron chi connectivity index (χ0n) is 23.2. The molecule has 0 radical (unpaired) electrons. The number of nitrogens with one attached hydrogen (secondary N) is 2. The van der Waals surface area contributed by atoms with Crippen LogP contribution in [-0.4, -0.2) is 54.5 Å². The SMILES string of the molecule is CCc1c(C#N)c(SC(C=O)c2ccccc2)nc(N2CCC(NC(=O)CNC(=O)OC(C)(C)C)CC2)c1C#N. The maximum atomic E-state index is 12.4. The number of aromatic nitrogens is 1. The van der Waals surface area contributed by atoms with E-state index in [1.54, 1.807) is 20.8 Å². The van der Waals surface area contributed by atoms with Crippen molar-refractivity contribution in [2.24, 2.45) is 0 Å². The number of nitrogens with zero attached hydrogens (tertiary/aromatic N) is 4. The van der Waals surface area contributed by atoms with Crippen molar-refractivity contribution >= 4 is 35.9 Å². The molecule has 1 aromatic heterocycles. The molecule has 1 aliphatic rings. The van der Waals surface area contributed by atoms with Crippen LogP contribution in [0.3, 0.4) is 0 Å². The Labute approximate surface area is 239 Å². The van der Waals surface area contributed by atoms with Gasteiger partial charge in [0.2, 0.25) is 5.91 Å². The number of nitriles is 2. The van der Waals surface area contributed by atoms with Gasteiger partial charge in [0.15, 0.2) is 0 Å². The van der Waals surface area contributed by atoms with Gasteiger partial charge in [-0.05, 0) is 51.2 Å². The van der Waals surface area contributed by atoms with Gasteiger partial charge in [-0.1, -0.05) is 49.0 Å². The molecule has 0 aliphatic carbocycles. The van der Waals surface area contributed by atoms with E-state index in [1.165, 1.54) is 11.8 Å². The van der Waals surface area contributed by atoms with Crippen LogP contribution in [0.15, 0.2) is 35.4 Å². The molecule has 1 saturated heterocycles. The van der Waals surface area contributed by atoms with Gasteiger partial charge in [-0.3, -0.25) is 4.79 Å². The lowest BCUT2D eigenvalue weighted by Crippen LogP contribution is -2.48. The van der Waals surface area contributed by atoms with Crippen molar-refractivity contribution in [1.82, 2.24) is 15.6 Å². The first-order valence-corrected chi connectivity index (χ1v) is 14.0. The third-order valence-electron chi connectivity index (χ3n) is 6.27. The van der Waals surface area contributed by atoms with Gasteiger partial charge in [-0.25, -0.2) is 9.78 Å². The van der Waals surface area contributed by atoms with Crippen molar-refractivity contribution < 1.29 is 19.1 Å². The van der Waals surface area contributed by atoms with E-state index in [0.29, 0.717) is 59.9 Å². The first kappa shape index (κ1) is 30.5. The number of hydrogen-bond donors (Lipinski definition) is 2. The Balaban J connectivity index is 1.74. The molecule has 0 saturated carbocycles. The van der Waals surface area contributed by atoms with Crippen LogP contribution in [0.1, 0.15) is 68.0 Å². The first-order chi connectivity index (χ1) is 19.1. The normalized spacial score (nSPS) is 14.4. The lowest BCUT2D eigenvalue weighted by atomic mass is 10.00. The largest absolute Gasteiger partial charge is 0.444 e. The van der Waals surface area contributed by atoms with Crippen LogP contribution in [0, 0.1) is 22.7 Å². The third-order valence-corrected chi connectivity index (χ3v) is 7.42. The third kappa shape index (κ3) is 7.96. The molecule has 2 amide bonds. The number of amides is 2. The second-order valence-electron chi connectivity index (χ2n) is 10.3. The summed E-state index contributed by atoms with van der Waals surface area (Å²) in [5.41, 5.74) is 1.43. The van der Waals surface area contributed by atoms with E-state index in [2.05, 4.69) is 22.8 Å². The van der Waals surface area contributed by atoms with E-state index in [9.17, 15) is 24.9 Å². The number of piperidine rings is 1. The Morgan fingerprint density at radius 2 is 1.82 bits per heavy atom. The number of ether oxygens (including phenoxy) is 1. The molecular formula is C29H34N6O4S. The predicted octanol–water partition coefficient (Wildman–Crippen LogP) is 4.03. The topological polar surface area (TPSA) is 148 Å². The second-order valence-corrected chi connectivity index (χ2v) is 11.4. The Bertz CT molecular complexity index is 1310. The van der Waals surface area contributed by atoms with E-state index in [4.69, 9.17) is 9.72 Å². The van der Waals surface area contributed by atoms with Crippen LogP contribution in [-0.2, 0) is 20.7 Å². The number of thioether (sulfide) groups is 1. The molecular weight excluding hydrogens is 528 g/mol. The molecule has 1 aliphatic heterocycles. The summed E-state index contributed by atoms with van der Waals surface area (Å²) in [6, 6.07) is 13.6. The molecule has 3 rings (SSSR count). The minimum absolute atomic E-state index is 0.106. The lowest BCUT2D eigenvalue weighted by Gasteiger charge is -2.34. The van der Waals surface area contributed by atoms with Crippen LogP contribution >= 0.6 is 11.8 Å². The van der Waals surface area contributed by atoms with Crippen LogP contribution in [0.25, 0.3) is 0 Å². The van der Waals surface area contributed by atoms with Crippen molar-refractivity contribution in [2.45, 2.75) is 68.9 Å². The van der Waals surface area contributed by atoms with E-state index in [1.807, 2.05) is 42.2 Å². The average molecular weight is 563 g/mol. The van der Waals surface area contributed by atoms with Crippen molar-refractivity contribution in [2.75, 3.05) is 24.5 Å². The molecule has 0 bridgehead atoms. The standard InChI is InChI=1S/C29H34N6O4S/c1-5-21-22(15-30)26(34-27(23(21)16-31)40-24(18-36)19-9-7-6-8-10-19)35-13-11-20(12-14-35)33-25(37)17-32-28(38)39-29(2,3)4/h6-10,18,20,24H,5,11-14,17H2,1-4H3,(H,32,38)(H,33,37). The molecule has 210 valence electrons. The van der Waals surface area contributed by atoms with Crippen molar-refractivity contribution in [3.05, 3.63) is 52.6 Å². The fraction of sp³-hybridized carbons (Fsp3) is 0.448. The number of carbonyl (C=O) groups is 3. The molecule has 1 atom stereocenters. The minimum atomic E-state index is -0.655. The average Bonchev–Trinajstić information content (AvgIpc) is 2.93. The smallest absolute Gasteiger partial charge is 0.408 e. The molecule has 1 unspecified atom stereocenters. The number of carbonyl (C=O) groups excluding carboxylic acids is 3. The van der Waals surface area contributed by atoms with E-state index >= 15 is 0 Å². The number of alkyl carbamates (subject to hydrolysis) is 1. The van der Waals surface area contributed by atoms with Crippen LogP contribution in [0.4, 0.5) is 10.6 Å². The Hall–Kier alpha value is -4.09. The van der Waals surface area contributed by atoms with Crippen LogP contribution in [0.2, 0.25) is 0 Å². The second kappa shape index (κ2) is 13.8. The Morgan fingerprint density at radius 3 is 2.38 bits per heavy atom. The molecule has 10 nitrogen and oxygen atoms in total. The maximum absolute atomic E-state index is 12.4. The summed E-state index contributed by atoms with van der Waals surface area (Å²) in [7, 11) is 0. The van der Waals surface area contributed by atoms with E-state index in [-0.39, 0.29) is 18.5 Å². The molecule has 1 aromatic carbocycles. The van der Waals surface area contributed by atoms with Crippen LogP contribution < -0.4 is 15.5 Å².